The van der Waals surface area contributed by atoms with Crippen molar-refractivity contribution < 1.29 is 31.9 Å². The zero-order valence-corrected chi connectivity index (χ0v) is 15.2. The molecule has 0 aliphatic carbocycles. The highest BCUT2D eigenvalue weighted by molar-refractivity contribution is 6.07. The first-order valence-corrected chi connectivity index (χ1v) is 8.49. The molecule has 30 heavy (non-hydrogen) atoms. The number of alkyl halides is 3. The fourth-order valence-electron chi connectivity index (χ4n) is 2.55. The highest BCUT2D eigenvalue weighted by Gasteiger charge is 2.32. The third-order valence-electron chi connectivity index (χ3n) is 4.00. The molecule has 0 saturated carbocycles. The van der Waals surface area contributed by atoms with Gasteiger partial charge in [-0.1, -0.05) is 6.07 Å². The summed E-state index contributed by atoms with van der Waals surface area (Å²) in [5.41, 5.74) is 4.00. The predicted octanol–water partition coefficient (Wildman–Crippen LogP) is 4.99. The Bertz CT molecular complexity index is 1100. The standard InChI is InChI=1S/C21H14F4N2O3/c22-14-5-7-16(8-6-14)30-18-9-4-13(21(23,24)25)11-17(18)20(29)27-15-3-1-2-12(10-15)19(26)28/h1-11H,(H2,26,28)(H,27,29). The molecule has 0 aliphatic rings. The first kappa shape index (κ1) is 20.8. The Kier molecular flexibility index (Phi) is 5.72. The van der Waals surface area contributed by atoms with E-state index >= 15 is 0 Å². The molecular formula is C21H14F4N2O3. The summed E-state index contributed by atoms with van der Waals surface area (Å²) in [6, 6.07) is 12.8. The van der Waals surface area contributed by atoms with Crippen LogP contribution >= 0.6 is 0 Å². The van der Waals surface area contributed by atoms with Crippen LogP contribution in [0.4, 0.5) is 23.2 Å². The summed E-state index contributed by atoms with van der Waals surface area (Å²) in [5.74, 6) is -2.20. The Morgan fingerprint density at radius 2 is 1.63 bits per heavy atom. The summed E-state index contributed by atoms with van der Waals surface area (Å²) in [5, 5.41) is 2.41. The van der Waals surface area contributed by atoms with Gasteiger partial charge in [0.1, 0.15) is 17.3 Å². The number of rotatable bonds is 5. The Morgan fingerprint density at radius 3 is 2.27 bits per heavy atom. The van der Waals surface area contributed by atoms with Gasteiger partial charge in [0.25, 0.3) is 5.91 Å². The molecule has 5 nitrogen and oxygen atoms in total. The van der Waals surface area contributed by atoms with Crippen molar-refractivity contribution in [3.63, 3.8) is 0 Å². The van der Waals surface area contributed by atoms with Crippen LogP contribution in [0.3, 0.4) is 0 Å². The summed E-state index contributed by atoms with van der Waals surface area (Å²) >= 11 is 0. The number of amides is 2. The van der Waals surface area contributed by atoms with Crippen molar-refractivity contribution in [2.24, 2.45) is 5.73 Å². The molecule has 0 atom stereocenters. The SMILES string of the molecule is NC(=O)c1cccc(NC(=O)c2cc(C(F)(F)F)ccc2Oc2ccc(F)cc2)c1. The van der Waals surface area contributed by atoms with E-state index in [1.54, 1.807) is 0 Å². The van der Waals surface area contributed by atoms with Gasteiger partial charge in [0.05, 0.1) is 11.1 Å². The van der Waals surface area contributed by atoms with Crippen LogP contribution in [0, 0.1) is 5.82 Å². The zero-order valence-electron chi connectivity index (χ0n) is 15.2. The quantitative estimate of drug-likeness (QED) is 0.573. The fourth-order valence-corrected chi connectivity index (χ4v) is 2.55. The van der Waals surface area contributed by atoms with E-state index in [-0.39, 0.29) is 22.7 Å². The third-order valence-corrected chi connectivity index (χ3v) is 4.00. The van der Waals surface area contributed by atoms with E-state index in [0.29, 0.717) is 6.07 Å². The van der Waals surface area contributed by atoms with Gasteiger partial charge in [0.15, 0.2) is 0 Å². The molecule has 0 spiro atoms. The van der Waals surface area contributed by atoms with E-state index in [1.807, 2.05) is 0 Å². The maximum Gasteiger partial charge on any atom is 0.416 e. The molecule has 0 heterocycles. The molecule has 3 aromatic carbocycles. The predicted molar refractivity (Wildman–Crippen MR) is 101 cm³/mol. The minimum Gasteiger partial charge on any atom is -0.457 e. The third kappa shape index (κ3) is 4.93. The molecule has 0 radical (unpaired) electrons. The number of primary amides is 1. The van der Waals surface area contributed by atoms with Gasteiger partial charge >= 0.3 is 6.18 Å². The van der Waals surface area contributed by atoms with Crippen LogP contribution in [0.1, 0.15) is 26.3 Å². The molecule has 3 rings (SSSR count). The lowest BCUT2D eigenvalue weighted by Gasteiger charge is -2.15. The maximum absolute atomic E-state index is 13.1. The highest BCUT2D eigenvalue weighted by atomic mass is 19.4. The molecule has 0 unspecified atom stereocenters. The molecule has 3 aromatic rings. The number of benzene rings is 3. The topological polar surface area (TPSA) is 81.4 Å². The van der Waals surface area contributed by atoms with E-state index in [2.05, 4.69) is 5.32 Å². The number of carbonyl (C=O) groups is 2. The molecule has 0 bridgehead atoms. The lowest BCUT2D eigenvalue weighted by atomic mass is 10.1. The van der Waals surface area contributed by atoms with E-state index in [4.69, 9.17) is 10.5 Å². The van der Waals surface area contributed by atoms with Crippen LogP contribution in [0.5, 0.6) is 11.5 Å². The number of anilines is 1. The first-order valence-electron chi connectivity index (χ1n) is 8.49. The molecule has 0 fully saturated rings. The smallest absolute Gasteiger partial charge is 0.416 e. The van der Waals surface area contributed by atoms with Gasteiger partial charge in [0, 0.05) is 11.3 Å². The van der Waals surface area contributed by atoms with E-state index < -0.39 is 34.9 Å². The van der Waals surface area contributed by atoms with Gasteiger partial charge in [-0.05, 0) is 60.7 Å². The van der Waals surface area contributed by atoms with Crippen molar-refractivity contribution in [1.82, 2.24) is 0 Å². The monoisotopic (exact) mass is 418 g/mol. The van der Waals surface area contributed by atoms with Crippen LogP contribution in [-0.2, 0) is 6.18 Å². The Labute approximate surface area is 168 Å². The Balaban J connectivity index is 1.96. The van der Waals surface area contributed by atoms with Crippen molar-refractivity contribution in [1.29, 1.82) is 0 Å². The molecule has 154 valence electrons. The van der Waals surface area contributed by atoms with Gasteiger partial charge in [0.2, 0.25) is 5.91 Å². The summed E-state index contributed by atoms with van der Waals surface area (Å²) < 4.78 is 58.0. The molecule has 0 saturated heterocycles. The first-order chi connectivity index (χ1) is 14.1. The van der Waals surface area contributed by atoms with E-state index in [0.717, 1.165) is 24.3 Å². The van der Waals surface area contributed by atoms with Crippen LogP contribution in [0.15, 0.2) is 66.7 Å². The average Bonchev–Trinajstić information content (AvgIpc) is 2.69. The minimum atomic E-state index is -4.69. The van der Waals surface area contributed by atoms with E-state index in [9.17, 15) is 27.2 Å². The van der Waals surface area contributed by atoms with Crippen molar-refractivity contribution in [2.45, 2.75) is 6.18 Å². The van der Waals surface area contributed by atoms with Crippen LogP contribution in [0.25, 0.3) is 0 Å². The largest absolute Gasteiger partial charge is 0.457 e. The molecule has 3 N–H and O–H groups in total. The normalized spacial score (nSPS) is 11.1. The number of nitrogens with two attached hydrogens (primary N) is 1. The minimum absolute atomic E-state index is 0.111. The summed E-state index contributed by atoms with van der Waals surface area (Å²) in [7, 11) is 0. The number of nitrogens with one attached hydrogen (secondary N) is 1. The second-order valence-corrected chi connectivity index (χ2v) is 6.16. The molecule has 2 amide bonds. The summed E-state index contributed by atoms with van der Waals surface area (Å²) in [4.78, 5) is 24.0. The molecule has 0 aliphatic heterocycles. The Morgan fingerprint density at radius 1 is 0.933 bits per heavy atom. The van der Waals surface area contributed by atoms with Crippen molar-refractivity contribution in [3.8, 4) is 11.5 Å². The van der Waals surface area contributed by atoms with Gasteiger partial charge < -0.3 is 15.8 Å². The van der Waals surface area contributed by atoms with Gasteiger partial charge in [-0.25, -0.2) is 4.39 Å². The summed E-state index contributed by atoms with van der Waals surface area (Å²) in [6.07, 6.45) is -4.69. The zero-order chi connectivity index (χ0) is 21.9. The number of hydrogen-bond acceptors (Lipinski definition) is 3. The van der Waals surface area contributed by atoms with Crippen LogP contribution < -0.4 is 15.8 Å². The van der Waals surface area contributed by atoms with Gasteiger partial charge in [-0.2, -0.15) is 13.2 Å². The maximum atomic E-state index is 13.1. The van der Waals surface area contributed by atoms with Gasteiger partial charge in [-0.3, -0.25) is 9.59 Å². The van der Waals surface area contributed by atoms with Crippen LogP contribution in [-0.4, -0.2) is 11.8 Å². The second kappa shape index (κ2) is 8.24. The van der Waals surface area contributed by atoms with Crippen molar-refractivity contribution in [2.75, 3.05) is 5.32 Å². The number of carbonyl (C=O) groups excluding carboxylic acids is 2. The van der Waals surface area contributed by atoms with Crippen LogP contribution in [0.2, 0.25) is 0 Å². The summed E-state index contributed by atoms with van der Waals surface area (Å²) in [6.45, 7) is 0. The highest BCUT2D eigenvalue weighted by Crippen LogP contribution is 2.34. The van der Waals surface area contributed by atoms with E-state index in [1.165, 1.54) is 36.4 Å². The molecule has 0 aromatic heterocycles. The lowest BCUT2D eigenvalue weighted by molar-refractivity contribution is -0.137. The van der Waals surface area contributed by atoms with Crippen molar-refractivity contribution >= 4 is 17.5 Å². The second-order valence-electron chi connectivity index (χ2n) is 6.16. The van der Waals surface area contributed by atoms with Crippen molar-refractivity contribution in [3.05, 3.63) is 89.2 Å². The lowest BCUT2D eigenvalue weighted by Crippen LogP contribution is -2.16. The Hall–Kier alpha value is -3.88. The average molecular weight is 418 g/mol. The van der Waals surface area contributed by atoms with Gasteiger partial charge in [-0.15, -0.1) is 0 Å². The number of ether oxygens (including phenoxy) is 1. The number of halogens is 4. The molecule has 9 heteroatoms. The molecular weight excluding hydrogens is 404 g/mol. The fraction of sp³-hybridized carbons (Fsp3) is 0.0476. The number of hydrogen-bond donors (Lipinski definition) is 2.